The molecule has 4 heteroatoms. The number of hydrogen-bond donors (Lipinski definition) is 0. The summed E-state index contributed by atoms with van der Waals surface area (Å²) >= 11 is 0. The van der Waals surface area contributed by atoms with Gasteiger partial charge in [-0.05, 0) is 38.7 Å². The molecule has 0 aromatic rings. The zero-order valence-corrected chi connectivity index (χ0v) is 14.9. The molecule has 0 fully saturated rings. The number of esters is 1. The Labute approximate surface area is 119 Å². The molecule has 0 radical (unpaired) electrons. The van der Waals surface area contributed by atoms with Crippen molar-refractivity contribution < 1.29 is 13.9 Å². The lowest BCUT2D eigenvalue weighted by Crippen LogP contribution is -2.47. The Balaban J connectivity index is 5.16. The van der Waals surface area contributed by atoms with Crippen molar-refractivity contribution in [2.45, 2.75) is 83.7 Å². The third-order valence-electron chi connectivity index (χ3n) is 4.12. The van der Waals surface area contributed by atoms with Gasteiger partial charge < -0.3 is 4.74 Å². The quantitative estimate of drug-likeness (QED) is 0.528. The topological polar surface area (TPSA) is 26.3 Å². The summed E-state index contributed by atoms with van der Waals surface area (Å²) in [6.45, 7) is 16.2. The molecule has 0 bridgehead atoms. The summed E-state index contributed by atoms with van der Waals surface area (Å²) in [4.78, 5) is 12.4. The van der Waals surface area contributed by atoms with E-state index in [1.54, 1.807) is 0 Å². The molecule has 0 amide bonds. The van der Waals surface area contributed by atoms with E-state index in [0.717, 1.165) is 0 Å². The molecular weight excluding hydrogens is 259 g/mol. The van der Waals surface area contributed by atoms with Crippen LogP contribution in [-0.2, 0) is 9.53 Å². The number of carbonyl (C=O) groups excluding carboxylic acids is 1. The highest BCUT2D eigenvalue weighted by Crippen LogP contribution is 2.46. The van der Waals surface area contributed by atoms with Crippen molar-refractivity contribution in [1.82, 2.24) is 0 Å². The molecule has 0 aromatic carbocycles. The maximum Gasteiger partial charge on any atom is 0.306 e. The molecule has 0 saturated carbocycles. The highest BCUT2D eigenvalue weighted by Gasteiger charge is 2.46. The first-order valence-electron chi connectivity index (χ1n) is 7.12. The van der Waals surface area contributed by atoms with Gasteiger partial charge in [-0.1, -0.05) is 33.9 Å². The van der Waals surface area contributed by atoms with Gasteiger partial charge in [0.2, 0.25) is 0 Å². The van der Waals surface area contributed by atoms with Crippen molar-refractivity contribution in [3.8, 4) is 0 Å². The first-order chi connectivity index (χ1) is 8.33. The molecule has 0 saturated heterocycles. The molecule has 0 N–H and O–H groups in total. The summed E-state index contributed by atoms with van der Waals surface area (Å²) in [6, 6.07) is 0. The highest BCUT2D eigenvalue weighted by molar-refractivity contribution is 6.84. The summed E-state index contributed by atoms with van der Waals surface area (Å²) in [5.74, 6) is -0.146. The average Bonchev–Trinajstić information content (AvgIpc) is 2.12. The second kappa shape index (κ2) is 6.38. The summed E-state index contributed by atoms with van der Waals surface area (Å²) in [6.07, 6.45) is 1.04. The Morgan fingerprint density at radius 2 is 1.63 bits per heavy atom. The van der Waals surface area contributed by atoms with E-state index in [1.165, 1.54) is 0 Å². The molecule has 0 aliphatic rings. The molecule has 1 unspecified atom stereocenters. The van der Waals surface area contributed by atoms with Gasteiger partial charge in [0.05, 0.1) is 20.3 Å². The predicted molar refractivity (Wildman–Crippen MR) is 82.0 cm³/mol. The molecule has 19 heavy (non-hydrogen) atoms. The number of hydrogen-bond acceptors (Lipinski definition) is 2. The predicted octanol–water partition coefficient (Wildman–Crippen LogP) is 4.96. The Kier molecular flexibility index (Phi) is 6.25. The maximum absolute atomic E-state index is 12.5. The van der Waals surface area contributed by atoms with Crippen molar-refractivity contribution >= 4 is 14.0 Å². The van der Waals surface area contributed by atoms with Gasteiger partial charge in [-0.25, -0.2) is 0 Å². The van der Waals surface area contributed by atoms with E-state index in [2.05, 4.69) is 33.9 Å². The lowest BCUT2D eigenvalue weighted by Gasteiger charge is -2.42. The van der Waals surface area contributed by atoms with Crippen molar-refractivity contribution in [2.75, 3.05) is 6.67 Å². The normalized spacial score (nSPS) is 15.2. The zero-order valence-electron chi connectivity index (χ0n) is 13.9. The maximum atomic E-state index is 12.5. The van der Waals surface area contributed by atoms with E-state index in [9.17, 15) is 9.18 Å². The molecule has 1 atom stereocenters. The van der Waals surface area contributed by atoms with Gasteiger partial charge in [-0.15, -0.1) is 0 Å². The van der Waals surface area contributed by atoms with Crippen LogP contribution in [0.15, 0.2) is 0 Å². The minimum absolute atomic E-state index is 0.0882. The van der Waals surface area contributed by atoms with Crippen molar-refractivity contribution in [1.29, 1.82) is 0 Å². The Hall–Kier alpha value is -0.383. The van der Waals surface area contributed by atoms with Gasteiger partial charge in [-0.2, -0.15) is 0 Å². The Bertz CT molecular complexity index is 300. The van der Waals surface area contributed by atoms with Crippen molar-refractivity contribution in [2.24, 2.45) is 0 Å². The second-order valence-corrected chi connectivity index (χ2v) is 13.5. The van der Waals surface area contributed by atoms with Gasteiger partial charge in [0.15, 0.2) is 0 Å². The van der Waals surface area contributed by atoms with Crippen LogP contribution < -0.4 is 0 Å². The molecule has 0 heterocycles. The number of alkyl halides is 1. The second-order valence-electron chi connectivity index (χ2n) is 7.89. The molecule has 0 aliphatic carbocycles. The molecule has 0 spiro atoms. The fourth-order valence-corrected chi connectivity index (χ4v) is 4.57. The van der Waals surface area contributed by atoms with Gasteiger partial charge in [-0.3, -0.25) is 9.18 Å². The molecule has 0 aliphatic heterocycles. The van der Waals surface area contributed by atoms with Crippen LogP contribution in [0.5, 0.6) is 0 Å². The van der Waals surface area contributed by atoms with E-state index < -0.39 is 13.7 Å². The number of halogens is 1. The van der Waals surface area contributed by atoms with Gasteiger partial charge in [0.1, 0.15) is 5.60 Å². The fourth-order valence-electron chi connectivity index (χ4n) is 1.95. The number of carbonyl (C=O) groups is 1. The first kappa shape index (κ1) is 18.6. The molecule has 114 valence electrons. The molecule has 2 nitrogen and oxygen atoms in total. The summed E-state index contributed by atoms with van der Waals surface area (Å²) in [7, 11) is -1.88. The van der Waals surface area contributed by atoms with Gasteiger partial charge in [0, 0.05) is 0 Å². The van der Waals surface area contributed by atoms with E-state index >= 15 is 0 Å². The molecule has 0 rings (SSSR count). The van der Waals surface area contributed by atoms with Crippen LogP contribution in [0.4, 0.5) is 4.39 Å². The summed E-state index contributed by atoms with van der Waals surface area (Å²) < 4.78 is 18.1. The van der Waals surface area contributed by atoms with E-state index in [1.807, 2.05) is 20.8 Å². The van der Waals surface area contributed by atoms with Crippen LogP contribution in [0.1, 0.15) is 54.4 Å². The number of ether oxygens (including phenoxy) is 1. The zero-order chi connectivity index (χ0) is 15.5. The molecule has 0 aromatic heterocycles. The number of rotatable bonds is 5. The van der Waals surface area contributed by atoms with Crippen LogP contribution >= 0.6 is 0 Å². The summed E-state index contributed by atoms with van der Waals surface area (Å²) in [5, 5.41) is 0.0882. The van der Waals surface area contributed by atoms with Crippen LogP contribution in [0.25, 0.3) is 0 Å². The average molecular weight is 290 g/mol. The SMILES string of the molecule is CC(C)(C)OC(=O)C(CCCF)[Si](C)(C)C(C)(C)C. The fraction of sp³-hybridized carbons (Fsp3) is 0.933. The third kappa shape index (κ3) is 5.63. The monoisotopic (exact) mass is 290 g/mol. The molecular formula is C15H31FO2Si. The van der Waals surface area contributed by atoms with Crippen LogP contribution in [0, 0.1) is 0 Å². The van der Waals surface area contributed by atoms with E-state index in [4.69, 9.17) is 4.74 Å². The first-order valence-corrected chi connectivity index (χ1v) is 10.2. The van der Waals surface area contributed by atoms with E-state index in [0.29, 0.717) is 12.8 Å². The largest absolute Gasteiger partial charge is 0.460 e. The van der Waals surface area contributed by atoms with Crippen molar-refractivity contribution in [3.63, 3.8) is 0 Å². The smallest absolute Gasteiger partial charge is 0.306 e. The van der Waals surface area contributed by atoms with Crippen LogP contribution in [0.2, 0.25) is 23.7 Å². The lowest BCUT2D eigenvalue weighted by molar-refractivity contribution is -0.155. The Morgan fingerprint density at radius 1 is 1.16 bits per heavy atom. The minimum atomic E-state index is -1.88. The van der Waals surface area contributed by atoms with Gasteiger partial charge >= 0.3 is 5.97 Å². The van der Waals surface area contributed by atoms with Gasteiger partial charge in [0.25, 0.3) is 0 Å². The standard InChI is InChI=1S/C15H31FO2Si/c1-14(2,3)18-13(17)12(10-9-11-16)19(7,8)15(4,5)6/h12H,9-11H2,1-8H3. The third-order valence-corrected chi connectivity index (χ3v) is 10.3. The van der Waals surface area contributed by atoms with Crippen LogP contribution in [-0.4, -0.2) is 26.3 Å². The summed E-state index contributed by atoms with van der Waals surface area (Å²) in [5.41, 5.74) is -0.615. The minimum Gasteiger partial charge on any atom is -0.460 e. The Morgan fingerprint density at radius 3 is 1.95 bits per heavy atom. The van der Waals surface area contributed by atoms with Crippen molar-refractivity contribution in [3.05, 3.63) is 0 Å². The van der Waals surface area contributed by atoms with Crippen LogP contribution in [0.3, 0.4) is 0 Å². The highest BCUT2D eigenvalue weighted by atomic mass is 28.3. The van der Waals surface area contributed by atoms with E-state index in [-0.39, 0.29) is 23.2 Å². The lowest BCUT2D eigenvalue weighted by atomic mass is 10.2.